The van der Waals surface area contributed by atoms with E-state index in [1.807, 2.05) is 36.6 Å². The minimum Gasteiger partial charge on any atom is -0.444 e. The highest BCUT2D eigenvalue weighted by Crippen LogP contribution is 2.43. The lowest BCUT2D eigenvalue weighted by Crippen LogP contribution is -2.37. The number of hydrogen-bond acceptors (Lipinski definition) is 9. The Morgan fingerprint density at radius 3 is 1.59 bits per heavy atom. The van der Waals surface area contributed by atoms with Crippen LogP contribution in [0, 0.1) is 10.8 Å². The number of nitrogens with one attached hydrogen (secondary N) is 1. The average molecular weight is 839 g/mol. The highest BCUT2D eigenvalue weighted by atomic mass is 19.4. The first-order chi connectivity index (χ1) is 27.9. The highest BCUT2D eigenvalue weighted by molar-refractivity contribution is 5.68. The van der Waals surface area contributed by atoms with E-state index in [0.717, 1.165) is 58.4 Å². The second-order valence-corrected chi connectivity index (χ2v) is 18.4. The van der Waals surface area contributed by atoms with Crippen LogP contribution >= 0.6 is 0 Å². The van der Waals surface area contributed by atoms with Gasteiger partial charge in [0.1, 0.15) is 5.60 Å². The Morgan fingerprint density at radius 1 is 0.661 bits per heavy atom. The summed E-state index contributed by atoms with van der Waals surface area (Å²) < 4.78 is 99.0. The van der Waals surface area contributed by atoms with E-state index >= 15 is 0 Å². The summed E-state index contributed by atoms with van der Waals surface area (Å²) in [5.74, 6) is 0. The Morgan fingerprint density at radius 2 is 1.14 bits per heavy atom. The van der Waals surface area contributed by atoms with E-state index in [1.54, 1.807) is 23.1 Å². The van der Waals surface area contributed by atoms with Crippen LogP contribution in [0.15, 0.2) is 36.4 Å². The van der Waals surface area contributed by atoms with Gasteiger partial charge in [-0.1, -0.05) is 12.1 Å². The summed E-state index contributed by atoms with van der Waals surface area (Å²) in [7, 11) is 0. The fourth-order valence-electron chi connectivity index (χ4n) is 9.67. The molecular formula is C43H60F6N6O4. The molecule has 0 radical (unpaired) electrons. The molecule has 6 aliphatic heterocycles. The van der Waals surface area contributed by atoms with Crippen LogP contribution in [0.3, 0.4) is 0 Å². The lowest BCUT2D eigenvalue weighted by molar-refractivity contribution is -0.139. The van der Waals surface area contributed by atoms with E-state index in [9.17, 15) is 31.1 Å². The predicted octanol–water partition coefficient (Wildman–Crippen LogP) is 7.10. The van der Waals surface area contributed by atoms with Gasteiger partial charge in [0.25, 0.3) is 0 Å². The van der Waals surface area contributed by atoms with Crippen LogP contribution in [-0.2, 0) is 39.7 Å². The van der Waals surface area contributed by atoms with E-state index in [4.69, 9.17) is 14.2 Å². The molecular weight excluding hydrogens is 778 g/mol. The molecule has 6 fully saturated rings. The molecule has 8 rings (SSSR count). The van der Waals surface area contributed by atoms with Gasteiger partial charge in [0.15, 0.2) is 0 Å². The third kappa shape index (κ3) is 11.0. The van der Waals surface area contributed by atoms with Crippen molar-refractivity contribution in [2.45, 2.75) is 77.5 Å². The third-order valence-corrected chi connectivity index (χ3v) is 12.8. The van der Waals surface area contributed by atoms with Crippen LogP contribution < -0.4 is 15.1 Å². The number of morpholine rings is 2. The number of hydrogen-bond donors (Lipinski definition) is 1. The normalized spacial score (nSPS) is 25.9. The van der Waals surface area contributed by atoms with Gasteiger partial charge in [-0.25, -0.2) is 4.79 Å². The Kier molecular flexibility index (Phi) is 13.0. The molecule has 59 heavy (non-hydrogen) atoms. The molecule has 10 nitrogen and oxygen atoms in total. The van der Waals surface area contributed by atoms with Crippen molar-refractivity contribution in [1.82, 2.24) is 20.0 Å². The maximum atomic E-state index is 13.9. The summed E-state index contributed by atoms with van der Waals surface area (Å²) >= 11 is 0. The molecule has 1 amide bonds. The zero-order valence-electron chi connectivity index (χ0n) is 34.7. The number of alkyl halides is 6. The molecule has 6 saturated heterocycles. The average Bonchev–Trinajstić information content (AvgIpc) is 4.01. The molecule has 328 valence electrons. The van der Waals surface area contributed by atoms with Crippen molar-refractivity contribution in [2.24, 2.45) is 10.8 Å². The van der Waals surface area contributed by atoms with Crippen molar-refractivity contribution in [3.05, 3.63) is 58.7 Å². The smallest absolute Gasteiger partial charge is 0.416 e. The van der Waals surface area contributed by atoms with Crippen molar-refractivity contribution < 1.29 is 45.3 Å². The minimum absolute atomic E-state index is 0.0664. The third-order valence-electron chi connectivity index (χ3n) is 12.8. The summed E-state index contributed by atoms with van der Waals surface area (Å²) in [6.45, 7) is 17.2. The SMILES string of the molecule is CC(C)(C)OC(=O)N1CCC2(CCN(Cc3ccc(N4CCOCC4)cc3C(F)(F)F)C2)C1.FC(F)(F)c1cc(N2CCOCC2)ccc1CN1CCC2(CCNC2)C1. The predicted molar refractivity (Wildman–Crippen MR) is 214 cm³/mol. The number of amides is 1. The molecule has 6 aliphatic rings. The van der Waals surface area contributed by atoms with Gasteiger partial charge in [0.05, 0.1) is 37.6 Å². The summed E-state index contributed by atoms with van der Waals surface area (Å²) in [6.07, 6.45) is -5.11. The molecule has 2 aromatic carbocycles. The molecule has 6 heterocycles. The summed E-state index contributed by atoms with van der Waals surface area (Å²) in [5, 5.41) is 3.40. The van der Waals surface area contributed by atoms with Crippen molar-refractivity contribution >= 4 is 17.5 Å². The van der Waals surface area contributed by atoms with Crippen LogP contribution in [0.2, 0.25) is 0 Å². The highest BCUT2D eigenvalue weighted by Gasteiger charge is 2.46. The Bertz CT molecular complexity index is 1750. The lowest BCUT2D eigenvalue weighted by Gasteiger charge is -2.30. The van der Waals surface area contributed by atoms with Gasteiger partial charge in [0.2, 0.25) is 0 Å². The van der Waals surface area contributed by atoms with Crippen LogP contribution in [0.25, 0.3) is 0 Å². The second-order valence-electron chi connectivity index (χ2n) is 18.4. The molecule has 0 bridgehead atoms. The first-order valence-corrected chi connectivity index (χ1v) is 21.1. The van der Waals surface area contributed by atoms with Crippen LogP contribution in [0.5, 0.6) is 0 Å². The molecule has 16 heteroatoms. The van der Waals surface area contributed by atoms with Gasteiger partial charge in [-0.05, 0) is 107 Å². The maximum absolute atomic E-state index is 13.9. The molecule has 0 aliphatic carbocycles. The molecule has 2 unspecified atom stereocenters. The molecule has 2 spiro atoms. The Hall–Kier alpha value is -3.31. The number of carbonyl (C=O) groups excluding carboxylic acids is 1. The molecule has 2 aromatic rings. The van der Waals surface area contributed by atoms with Crippen molar-refractivity contribution in [2.75, 3.05) is 115 Å². The van der Waals surface area contributed by atoms with Gasteiger partial charge < -0.3 is 34.2 Å². The Balaban J connectivity index is 0.000000184. The number of benzene rings is 2. The summed E-state index contributed by atoms with van der Waals surface area (Å²) in [5.41, 5.74) is 0.529. The van der Waals surface area contributed by atoms with E-state index in [2.05, 4.69) is 15.1 Å². The Labute approximate surface area is 344 Å². The maximum Gasteiger partial charge on any atom is 0.416 e. The monoisotopic (exact) mass is 838 g/mol. The minimum atomic E-state index is -4.41. The number of carbonyl (C=O) groups is 1. The zero-order valence-corrected chi connectivity index (χ0v) is 34.7. The number of ether oxygens (including phenoxy) is 3. The molecule has 0 aromatic heterocycles. The van der Waals surface area contributed by atoms with Crippen LogP contribution in [0.1, 0.15) is 68.7 Å². The van der Waals surface area contributed by atoms with Gasteiger partial charge in [-0.15, -0.1) is 0 Å². The van der Waals surface area contributed by atoms with Gasteiger partial charge in [-0.2, -0.15) is 26.3 Å². The largest absolute Gasteiger partial charge is 0.444 e. The van der Waals surface area contributed by atoms with E-state index in [0.29, 0.717) is 101 Å². The molecule has 0 saturated carbocycles. The van der Waals surface area contributed by atoms with Crippen molar-refractivity contribution in [3.63, 3.8) is 0 Å². The lowest BCUT2D eigenvalue weighted by atomic mass is 9.86. The molecule has 2 atom stereocenters. The quantitative estimate of drug-likeness (QED) is 0.307. The number of likely N-dealkylation sites (tertiary alicyclic amines) is 3. The van der Waals surface area contributed by atoms with Crippen LogP contribution in [-0.4, -0.2) is 131 Å². The van der Waals surface area contributed by atoms with Crippen LogP contribution in [0.4, 0.5) is 42.5 Å². The topological polar surface area (TPSA) is 73.0 Å². The summed E-state index contributed by atoms with van der Waals surface area (Å²) in [4.78, 5) is 22.4. The molecule has 1 N–H and O–H groups in total. The second kappa shape index (κ2) is 17.6. The first-order valence-electron chi connectivity index (χ1n) is 21.1. The first kappa shape index (κ1) is 43.8. The standard InChI is InChI=1S/C24H34F3N3O3.C19H26F3N3O/c1-22(2,3)33-21(31)30-9-7-23(17-30)6-8-28(16-23)15-18-4-5-19(14-20(18)24(25,26)27)29-10-12-32-13-11-29;20-19(21,22)17-11-16(25-7-9-26-10-8-25)2-1-15(17)12-24-6-4-18(14-24)3-5-23-13-18/h4-5,14H,6-13,15-17H2,1-3H3;1-2,11,23H,3-10,12-14H2. The fraction of sp³-hybridized carbons (Fsp3) is 0.698. The number of halogens is 6. The number of rotatable bonds is 6. The number of anilines is 2. The van der Waals surface area contributed by atoms with E-state index in [-0.39, 0.29) is 23.5 Å². The van der Waals surface area contributed by atoms with E-state index < -0.39 is 29.1 Å². The number of nitrogens with zero attached hydrogens (tertiary/aromatic N) is 5. The van der Waals surface area contributed by atoms with Gasteiger partial charge in [-0.3, -0.25) is 9.80 Å². The zero-order chi connectivity index (χ0) is 42.1. The van der Waals surface area contributed by atoms with Crippen molar-refractivity contribution in [3.8, 4) is 0 Å². The fourth-order valence-corrected chi connectivity index (χ4v) is 9.67. The van der Waals surface area contributed by atoms with Crippen molar-refractivity contribution in [1.29, 1.82) is 0 Å². The van der Waals surface area contributed by atoms with E-state index in [1.165, 1.54) is 12.1 Å². The van der Waals surface area contributed by atoms with Gasteiger partial charge in [0, 0.05) is 88.8 Å². The van der Waals surface area contributed by atoms with Gasteiger partial charge >= 0.3 is 18.4 Å². The summed E-state index contributed by atoms with van der Waals surface area (Å²) in [6, 6.07) is 9.53.